The van der Waals surface area contributed by atoms with E-state index in [1.54, 1.807) is 12.3 Å². The molecule has 0 atom stereocenters. The van der Waals surface area contributed by atoms with Crippen LogP contribution in [0.5, 0.6) is 0 Å². The van der Waals surface area contributed by atoms with Gasteiger partial charge in [-0.15, -0.1) is 0 Å². The van der Waals surface area contributed by atoms with Gasteiger partial charge in [-0.1, -0.05) is 24.3 Å². The molecule has 6 heteroatoms. The molecule has 148 valence electrons. The highest BCUT2D eigenvalue weighted by Crippen LogP contribution is 2.18. The highest BCUT2D eigenvalue weighted by molar-refractivity contribution is 5.89. The molecule has 2 N–H and O–H groups in total. The van der Waals surface area contributed by atoms with Gasteiger partial charge >= 0.3 is 6.03 Å². The van der Waals surface area contributed by atoms with Crippen molar-refractivity contribution in [3.8, 4) is 0 Å². The molecule has 0 saturated carbocycles. The van der Waals surface area contributed by atoms with Gasteiger partial charge in [-0.2, -0.15) is 0 Å². The maximum atomic E-state index is 12.1. The summed E-state index contributed by atoms with van der Waals surface area (Å²) >= 11 is 0. The van der Waals surface area contributed by atoms with Gasteiger partial charge in [-0.05, 0) is 55.3 Å². The van der Waals surface area contributed by atoms with Crippen LogP contribution in [0.15, 0.2) is 71.3 Å². The van der Waals surface area contributed by atoms with Crippen LogP contribution in [-0.2, 0) is 25.9 Å². The molecule has 0 bridgehead atoms. The molecular weight excluding hydrogens is 364 g/mol. The summed E-state index contributed by atoms with van der Waals surface area (Å²) in [6.45, 7) is 3.39. The van der Waals surface area contributed by atoms with E-state index in [9.17, 15) is 4.79 Å². The maximum absolute atomic E-state index is 12.1. The number of carbonyl (C=O) groups excluding carboxylic acids is 1. The lowest BCUT2D eigenvalue weighted by Gasteiger charge is -2.09. The molecule has 0 unspecified atom stereocenters. The van der Waals surface area contributed by atoms with Crippen molar-refractivity contribution >= 4 is 22.8 Å². The first-order valence-electron chi connectivity index (χ1n) is 9.83. The molecule has 2 aromatic heterocycles. The SMILES string of the molecule is CCn1c(CCc2cccc(NC(=O)NCc3ccco3)c2)nc2ccccc21. The first kappa shape index (κ1) is 18.8. The highest BCUT2D eigenvalue weighted by Gasteiger charge is 2.09. The molecule has 2 aromatic carbocycles. The fraction of sp³-hybridized carbons (Fsp3) is 0.217. The summed E-state index contributed by atoms with van der Waals surface area (Å²) < 4.78 is 7.48. The van der Waals surface area contributed by atoms with Crippen LogP contribution in [0.25, 0.3) is 11.0 Å². The Morgan fingerprint density at radius 3 is 2.79 bits per heavy atom. The molecule has 0 radical (unpaired) electrons. The summed E-state index contributed by atoms with van der Waals surface area (Å²) in [6, 6.07) is 19.5. The number of urea groups is 1. The number of amides is 2. The predicted molar refractivity (Wildman–Crippen MR) is 114 cm³/mol. The number of hydrogen-bond acceptors (Lipinski definition) is 3. The lowest BCUT2D eigenvalue weighted by molar-refractivity contribution is 0.251. The largest absolute Gasteiger partial charge is 0.467 e. The molecule has 2 amide bonds. The predicted octanol–water partition coefficient (Wildman–Crippen LogP) is 4.76. The van der Waals surface area contributed by atoms with Gasteiger partial charge in [-0.25, -0.2) is 9.78 Å². The number of aryl methyl sites for hydroxylation is 3. The van der Waals surface area contributed by atoms with Crippen LogP contribution >= 0.6 is 0 Å². The first-order valence-corrected chi connectivity index (χ1v) is 9.83. The number of furan rings is 1. The third-order valence-corrected chi connectivity index (χ3v) is 4.88. The number of imidazole rings is 1. The van der Waals surface area contributed by atoms with Crippen LogP contribution < -0.4 is 10.6 Å². The minimum Gasteiger partial charge on any atom is -0.467 e. The molecule has 2 heterocycles. The van der Waals surface area contributed by atoms with Crippen molar-refractivity contribution in [3.05, 3.63) is 84.1 Å². The van der Waals surface area contributed by atoms with E-state index >= 15 is 0 Å². The second kappa shape index (κ2) is 8.65. The Kier molecular flexibility index (Phi) is 5.61. The third-order valence-electron chi connectivity index (χ3n) is 4.88. The van der Waals surface area contributed by atoms with Crippen molar-refractivity contribution in [2.45, 2.75) is 32.9 Å². The molecule has 0 fully saturated rings. The average molecular weight is 388 g/mol. The Morgan fingerprint density at radius 1 is 1.07 bits per heavy atom. The van der Waals surface area contributed by atoms with Crippen molar-refractivity contribution in [2.24, 2.45) is 0 Å². The van der Waals surface area contributed by atoms with Gasteiger partial charge in [0.2, 0.25) is 0 Å². The number of fused-ring (bicyclic) bond motifs is 1. The molecule has 6 nitrogen and oxygen atoms in total. The second-order valence-electron chi connectivity index (χ2n) is 6.85. The highest BCUT2D eigenvalue weighted by atomic mass is 16.3. The van der Waals surface area contributed by atoms with E-state index in [1.165, 1.54) is 5.52 Å². The Labute approximate surface area is 169 Å². The Hall–Kier alpha value is -3.54. The molecule has 0 aliphatic carbocycles. The third kappa shape index (κ3) is 4.48. The van der Waals surface area contributed by atoms with Crippen molar-refractivity contribution < 1.29 is 9.21 Å². The molecule has 0 spiro atoms. The fourth-order valence-electron chi connectivity index (χ4n) is 3.49. The summed E-state index contributed by atoms with van der Waals surface area (Å²) in [5.74, 6) is 1.80. The Balaban J connectivity index is 1.38. The number of aromatic nitrogens is 2. The van der Waals surface area contributed by atoms with Gasteiger partial charge < -0.3 is 19.6 Å². The molecule has 4 rings (SSSR count). The quantitative estimate of drug-likeness (QED) is 0.480. The monoisotopic (exact) mass is 388 g/mol. The molecule has 29 heavy (non-hydrogen) atoms. The Morgan fingerprint density at radius 2 is 1.97 bits per heavy atom. The number of nitrogens with one attached hydrogen (secondary N) is 2. The summed E-state index contributed by atoms with van der Waals surface area (Å²) in [5.41, 5.74) is 4.13. The standard InChI is InChI=1S/C23H24N4O2/c1-2-27-21-11-4-3-10-20(21)26-22(27)13-12-17-7-5-8-18(15-17)25-23(28)24-16-19-9-6-14-29-19/h3-11,14-15H,2,12-13,16H2,1H3,(H2,24,25,28). The van der Waals surface area contributed by atoms with Crippen LogP contribution in [0.4, 0.5) is 10.5 Å². The van der Waals surface area contributed by atoms with Crippen LogP contribution in [0.2, 0.25) is 0 Å². The Bertz CT molecular complexity index is 1100. The number of carbonyl (C=O) groups is 1. The second-order valence-corrected chi connectivity index (χ2v) is 6.85. The van der Waals surface area contributed by atoms with E-state index in [0.29, 0.717) is 12.3 Å². The number of para-hydroxylation sites is 2. The van der Waals surface area contributed by atoms with Crippen LogP contribution in [0, 0.1) is 0 Å². The normalized spacial score (nSPS) is 10.9. The summed E-state index contributed by atoms with van der Waals surface area (Å²) in [4.78, 5) is 16.9. The summed E-state index contributed by atoms with van der Waals surface area (Å²) in [5, 5.41) is 5.66. The summed E-state index contributed by atoms with van der Waals surface area (Å²) in [6.07, 6.45) is 3.29. The zero-order valence-corrected chi connectivity index (χ0v) is 16.4. The van der Waals surface area contributed by atoms with Gasteiger partial charge in [0, 0.05) is 18.7 Å². The molecule has 0 aliphatic heterocycles. The smallest absolute Gasteiger partial charge is 0.319 e. The molecule has 0 aliphatic rings. The first-order chi connectivity index (χ1) is 14.2. The van der Waals surface area contributed by atoms with E-state index in [4.69, 9.17) is 9.40 Å². The lowest BCUT2D eigenvalue weighted by Crippen LogP contribution is -2.28. The minimum atomic E-state index is -0.258. The maximum Gasteiger partial charge on any atom is 0.319 e. The number of nitrogens with zero attached hydrogens (tertiary/aromatic N) is 2. The number of rotatable bonds is 7. The van der Waals surface area contributed by atoms with E-state index in [-0.39, 0.29) is 6.03 Å². The number of hydrogen-bond donors (Lipinski definition) is 2. The van der Waals surface area contributed by atoms with Crippen LogP contribution in [0.1, 0.15) is 24.1 Å². The van der Waals surface area contributed by atoms with Gasteiger partial charge in [0.05, 0.1) is 23.8 Å². The van der Waals surface area contributed by atoms with Gasteiger partial charge in [0.1, 0.15) is 11.6 Å². The van der Waals surface area contributed by atoms with E-state index < -0.39 is 0 Å². The van der Waals surface area contributed by atoms with Crippen LogP contribution in [0.3, 0.4) is 0 Å². The van der Waals surface area contributed by atoms with Crippen molar-refractivity contribution in [2.75, 3.05) is 5.32 Å². The lowest BCUT2D eigenvalue weighted by atomic mass is 10.1. The van der Waals surface area contributed by atoms with Gasteiger partial charge in [0.25, 0.3) is 0 Å². The zero-order valence-electron chi connectivity index (χ0n) is 16.4. The van der Waals surface area contributed by atoms with E-state index in [0.717, 1.165) is 42.0 Å². The fourth-order valence-corrected chi connectivity index (χ4v) is 3.49. The van der Waals surface area contributed by atoms with E-state index in [2.05, 4.69) is 40.3 Å². The minimum absolute atomic E-state index is 0.258. The molecule has 0 saturated heterocycles. The topological polar surface area (TPSA) is 72.1 Å². The number of anilines is 1. The van der Waals surface area contributed by atoms with Crippen molar-refractivity contribution in [1.29, 1.82) is 0 Å². The number of benzene rings is 2. The molecular formula is C23H24N4O2. The zero-order chi connectivity index (χ0) is 20.1. The van der Waals surface area contributed by atoms with Gasteiger partial charge in [-0.3, -0.25) is 0 Å². The average Bonchev–Trinajstić information content (AvgIpc) is 3.38. The van der Waals surface area contributed by atoms with Gasteiger partial charge in [0.15, 0.2) is 0 Å². The van der Waals surface area contributed by atoms with Crippen LogP contribution in [-0.4, -0.2) is 15.6 Å². The summed E-state index contributed by atoms with van der Waals surface area (Å²) in [7, 11) is 0. The molecule has 4 aromatic rings. The van der Waals surface area contributed by atoms with Crippen molar-refractivity contribution in [3.63, 3.8) is 0 Å². The van der Waals surface area contributed by atoms with E-state index in [1.807, 2.05) is 36.4 Å². The van der Waals surface area contributed by atoms with Crippen molar-refractivity contribution in [1.82, 2.24) is 14.9 Å².